The quantitative estimate of drug-likeness (QED) is 0.771. The van der Waals surface area contributed by atoms with Gasteiger partial charge < -0.3 is 25.4 Å². The summed E-state index contributed by atoms with van der Waals surface area (Å²) in [4.78, 5) is 0. The Balaban J connectivity index is 0.00000324. The van der Waals surface area contributed by atoms with Gasteiger partial charge in [0, 0.05) is 12.1 Å². The Labute approximate surface area is 119 Å². The molecule has 0 aliphatic heterocycles. The van der Waals surface area contributed by atoms with E-state index in [-0.39, 0.29) is 24.1 Å². The lowest BCUT2D eigenvalue weighted by Gasteiger charge is -2.25. The number of hydrogen-bond donors (Lipinski definition) is 3. The van der Waals surface area contributed by atoms with Gasteiger partial charge in [0.25, 0.3) is 0 Å². The van der Waals surface area contributed by atoms with Crippen LogP contribution in [-0.2, 0) is 0 Å². The van der Waals surface area contributed by atoms with Crippen LogP contribution in [0, 0.1) is 5.92 Å². The van der Waals surface area contributed by atoms with Gasteiger partial charge in [-0.3, -0.25) is 0 Å². The number of benzene rings is 1. The molecule has 1 aromatic carbocycles. The first-order valence-corrected chi connectivity index (χ1v) is 5.80. The van der Waals surface area contributed by atoms with Crippen LogP contribution >= 0.6 is 12.4 Å². The van der Waals surface area contributed by atoms with Gasteiger partial charge in [-0.25, -0.2) is 0 Å². The highest BCUT2D eigenvalue weighted by atomic mass is 35.5. The molecule has 0 aliphatic rings. The fourth-order valence-corrected chi connectivity index (χ4v) is 1.79. The third-order valence-corrected chi connectivity index (χ3v) is 2.93. The molecule has 0 radical (unpaired) electrons. The molecule has 0 bridgehead atoms. The summed E-state index contributed by atoms with van der Waals surface area (Å²) in [7, 11) is 2.98. The molecule has 0 aromatic heterocycles. The van der Waals surface area contributed by atoms with E-state index in [0.29, 0.717) is 17.1 Å². The molecule has 0 fully saturated rings. The van der Waals surface area contributed by atoms with Crippen molar-refractivity contribution < 1.29 is 19.7 Å². The Morgan fingerprint density at radius 1 is 1.16 bits per heavy atom. The average Bonchev–Trinajstić information content (AvgIpc) is 2.35. The highest BCUT2D eigenvalue weighted by Gasteiger charge is 2.26. The molecule has 0 saturated carbocycles. The van der Waals surface area contributed by atoms with Crippen molar-refractivity contribution in [2.24, 2.45) is 11.7 Å². The summed E-state index contributed by atoms with van der Waals surface area (Å²) in [6.45, 7) is 3.72. The van der Waals surface area contributed by atoms with Crippen LogP contribution in [0.4, 0.5) is 0 Å². The van der Waals surface area contributed by atoms with E-state index in [2.05, 4.69) is 0 Å². The van der Waals surface area contributed by atoms with E-state index in [1.165, 1.54) is 20.3 Å². The third-order valence-electron chi connectivity index (χ3n) is 2.93. The number of rotatable bonds is 5. The van der Waals surface area contributed by atoms with E-state index in [9.17, 15) is 10.2 Å². The molecule has 0 aliphatic carbocycles. The predicted molar refractivity (Wildman–Crippen MR) is 76.2 cm³/mol. The number of aliphatic hydroxyl groups excluding tert-OH is 1. The lowest BCUT2D eigenvalue weighted by molar-refractivity contribution is 0.0959. The first-order valence-electron chi connectivity index (χ1n) is 5.80. The lowest BCUT2D eigenvalue weighted by Crippen LogP contribution is -2.30. The highest BCUT2D eigenvalue weighted by Crippen LogP contribution is 2.38. The predicted octanol–water partition coefficient (Wildman–Crippen LogP) is 1.85. The van der Waals surface area contributed by atoms with Crippen LogP contribution in [0.1, 0.15) is 25.5 Å². The maximum Gasteiger partial charge on any atom is 0.131 e. The average molecular weight is 292 g/mol. The highest BCUT2D eigenvalue weighted by molar-refractivity contribution is 5.85. The minimum Gasteiger partial charge on any atom is -0.507 e. The molecule has 4 N–H and O–H groups in total. The molecule has 0 saturated heterocycles. The summed E-state index contributed by atoms with van der Waals surface area (Å²) in [5.74, 6) is 0.808. The third kappa shape index (κ3) is 3.89. The Kier molecular flexibility index (Phi) is 6.97. The van der Waals surface area contributed by atoms with Crippen LogP contribution in [0.3, 0.4) is 0 Å². The van der Waals surface area contributed by atoms with Gasteiger partial charge in [-0.15, -0.1) is 12.4 Å². The second-order valence-electron chi connectivity index (χ2n) is 4.52. The molecule has 19 heavy (non-hydrogen) atoms. The maximum absolute atomic E-state index is 10.00. The number of phenolic OH excluding ortho intramolecular Hbond substituents is 1. The fourth-order valence-electron chi connectivity index (χ4n) is 1.79. The van der Waals surface area contributed by atoms with Crippen molar-refractivity contribution in [3.8, 4) is 17.2 Å². The van der Waals surface area contributed by atoms with Gasteiger partial charge in [0.1, 0.15) is 17.2 Å². The van der Waals surface area contributed by atoms with Gasteiger partial charge in [0.15, 0.2) is 0 Å². The van der Waals surface area contributed by atoms with Crippen LogP contribution in [0.5, 0.6) is 17.2 Å². The van der Waals surface area contributed by atoms with Crippen molar-refractivity contribution in [1.82, 2.24) is 0 Å². The van der Waals surface area contributed by atoms with Crippen molar-refractivity contribution in [2.45, 2.75) is 26.0 Å². The van der Waals surface area contributed by atoms with Gasteiger partial charge in [-0.1, -0.05) is 13.8 Å². The number of aliphatic hydroxyl groups is 1. The van der Waals surface area contributed by atoms with Gasteiger partial charge in [-0.05, 0) is 5.92 Å². The Morgan fingerprint density at radius 3 is 2.16 bits per heavy atom. The number of ether oxygens (including phenoxy) is 2. The molecule has 110 valence electrons. The zero-order valence-electron chi connectivity index (χ0n) is 11.6. The molecule has 0 heterocycles. The number of hydrogen-bond acceptors (Lipinski definition) is 5. The summed E-state index contributed by atoms with van der Waals surface area (Å²) in [5, 5.41) is 20.0. The van der Waals surface area contributed by atoms with E-state index >= 15 is 0 Å². The lowest BCUT2D eigenvalue weighted by atomic mass is 9.93. The minimum absolute atomic E-state index is 0. The molecule has 1 aromatic rings. The van der Waals surface area contributed by atoms with Gasteiger partial charge in [-0.2, -0.15) is 0 Å². The van der Waals surface area contributed by atoms with E-state index in [4.69, 9.17) is 15.2 Å². The van der Waals surface area contributed by atoms with Crippen molar-refractivity contribution >= 4 is 12.4 Å². The summed E-state index contributed by atoms with van der Waals surface area (Å²) in [6, 6.07) is 2.36. The Bertz CT molecular complexity index is 412. The van der Waals surface area contributed by atoms with Crippen LogP contribution in [0.2, 0.25) is 0 Å². The van der Waals surface area contributed by atoms with Gasteiger partial charge in [0.05, 0.1) is 31.9 Å². The smallest absolute Gasteiger partial charge is 0.131 e. The standard InChI is InChI=1S/C13H21NO4.ClH/c1-7(2)13(16)12(14)11-9(15)5-8(17-3)6-10(11)18-4;/h5-7,12-13,15-16H,14H2,1-4H3;1H/t12-,13+;/m1./s1. The minimum atomic E-state index is -0.766. The van der Waals surface area contributed by atoms with Crippen molar-refractivity contribution in [3.05, 3.63) is 17.7 Å². The molecule has 0 amide bonds. The van der Waals surface area contributed by atoms with Gasteiger partial charge >= 0.3 is 0 Å². The van der Waals surface area contributed by atoms with Gasteiger partial charge in [0.2, 0.25) is 0 Å². The normalized spacial score (nSPS) is 13.6. The van der Waals surface area contributed by atoms with Crippen molar-refractivity contribution in [2.75, 3.05) is 14.2 Å². The summed E-state index contributed by atoms with van der Waals surface area (Å²) >= 11 is 0. The number of halogens is 1. The summed E-state index contributed by atoms with van der Waals surface area (Å²) in [6.07, 6.45) is -0.766. The van der Waals surface area contributed by atoms with E-state index < -0.39 is 12.1 Å². The second-order valence-corrected chi connectivity index (χ2v) is 4.52. The van der Waals surface area contributed by atoms with Crippen LogP contribution in [0.15, 0.2) is 12.1 Å². The first kappa shape index (κ1) is 17.8. The van der Waals surface area contributed by atoms with E-state index in [0.717, 1.165) is 0 Å². The fraction of sp³-hybridized carbons (Fsp3) is 0.538. The van der Waals surface area contributed by atoms with Crippen LogP contribution < -0.4 is 15.2 Å². The molecule has 0 spiro atoms. The van der Waals surface area contributed by atoms with E-state index in [1.54, 1.807) is 6.07 Å². The monoisotopic (exact) mass is 291 g/mol. The number of nitrogens with two attached hydrogens (primary N) is 1. The first-order chi connectivity index (χ1) is 8.42. The molecular formula is C13H22ClNO4. The van der Waals surface area contributed by atoms with Crippen molar-refractivity contribution in [3.63, 3.8) is 0 Å². The number of phenols is 1. The zero-order valence-corrected chi connectivity index (χ0v) is 12.4. The SMILES string of the molecule is COc1cc(O)c([C@@H](N)[C@@H](O)C(C)C)c(OC)c1.Cl. The maximum atomic E-state index is 10.00. The Hall–Kier alpha value is -1.17. The topological polar surface area (TPSA) is 84.9 Å². The number of aromatic hydroxyl groups is 1. The van der Waals surface area contributed by atoms with Crippen molar-refractivity contribution in [1.29, 1.82) is 0 Å². The molecule has 0 unspecified atom stereocenters. The second kappa shape index (κ2) is 7.43. The molecule has 6 heteroatoms. The van der Waals surface area contributed by atoms with E-state index in [1.807, 2.05) is 13.8 Å². The molecule has 5 nitrogen and oxygen atoms in total. The molecule has 2 atom stereocenters. The number of methoxy groups -OCH3 is 2. The van der Waals surface area contributed by atoms with Crippen LogP contribution in [0.25, 0.3) is 0 Å². The summed E-state index contributed by atoms with van der Waals surface area (Å²) in [5.41, 5.74) is 6.37. The largest absolute Gasteiger partial charge is 0.507 e. The molecular weight excluding hydrogens is 270 g/mol. The zero-order chi connectivity index (χ0) is 13.9. The van der Waals surface area contributed by atoms with Crippen LogP contribution in [-0.4, -0.2) is 30.5 Å². The Morgan fingerprint density at radius 2 is 1.74 bits per heavy atom. The molecule has 1 rings (SSSR count). The summed E-state index contributed by atoms with van der Waals surface area (Å²) < 4.78 is 10.2.